The molecule has 2 aromatic carbocycles. The summed E-state index contributed by atoms with van der Waals surface area (Å²) in [6, 6.07) is 6.13. The minimum Gasteiger partial charge on any atom is -0.508 e. The first-order valence-electron chi connectivity index (χ1n) is 19.2. The van der Waals surface area contributed by atoms with Crippen molar-refractivity contribution in [3.8, 4) is 5.75 Å². The van der Waals surface area contributed by atoms with Gasteiger partial charge in [-0.15, -0.1) is 0 Å². The fourth-order valence-corrected chi connectivity index (χ4v) is 6.15. The Morgan fingerprint density at radius 1 is 0.610 bits per heavy atom. The van der Waals surface area contributed by atoms with E-state index in [0.717, 1.165) is 0 Å². The number of hydrogen-bond donors (Lipinski definition) is 13. The number of carbonyl (C=O) groups excluding carboxylic acids is 7. The molecule has 0 heterocycles. The highest BCUT2D eigenvalue weighted by atomic mass is 32.1. The molecular formula is C39H59N9O9S2. The van der Waals surface area contributed by atoms with Crippen LogP contribution in [0.5, 0.6) is 5.75 Å². The molecule has 7 amide bonds. The summed E-state index contributed by atoms with van der Waals surface area (Å²) in [6.07, 6.45) is -0.353. The fraction of sp³-hybridized carbons (Fsp3) is 0.513. The van der Waals surface area contributed by atoms with Crippen LogP contribution in [-0.2, 0) is 46.4 Å². The van der Waals surface area contributed by atoms with E-state index >= 15 is 0 Å². The van der Waals surface area contributed by atoms with E-state index in [9.17, 15) is 43.8 Å². The zero-order valence-electron chi connectivity index (χ0n) is 33.4. The van der Waals surface area contributed by atoms with Gasteiger partial charge in [0.05, 0.1) is 12.1 Å². The van der Waals surface area contributed by atoms with E-state index in [-0.39, 0.29) is 36.5 Å². The van der Waals surface area contributed by atoms with Crippen molar-refractivity contribution in [2.24, 2.45) is 23.1 Å². The standard InChI is InChI=1S/C39H59N9O9S2/c1-21(2)31(39(57)46-30(20-59)38(56)48-32(22(3)49)33(42)51)47-35(53)27(11-7-8-16-40)43-36(54)29(17-23-9-5-4-6-10-23)45-37(55)28(44-34(52)26(41)19-58)18-24-12-14-25(50)15-13-24/h4-6,9-10,12-15,21-22,26-32,49-50,58-59H,7-8,11,16-20,40-41H2,1-3H3,(H2,42,51)(H,43,54)(H,44,52)(H,45,55)(H,46,57)(H,47,53)(H,48,56)/t22-,26+,27+,28+,29-,30+,31+,32+/m1/s1. The minimum atomic E-state index is -1.43. The van der Waals surface area contributed by atoms with Crippen molar-refractivity contribution >= 4 is 66.6 Å². The fourth-order valence-electron chi connectivity index (χ4n) is 5.73. The summed E-state index contributed by atoms with van der Waals surface area (Å²) < 4.78 is 0. The van der Waals surface area contributed by atoms with E-state index in [2.05, 4.69) is 57.2 Å². The molecule has 0 aliphatic carbocycles. The van der Waals surface area contributed by atoms with Crippen LogP contribution in [0, 0.1) is 5.92 Å². The predicted octanol–water partition coefficient (Wildman–Crippen LogP) is -2.08. The van der Waals surface area contributed by atoms with E-state index in [0.29, 0.717) is 30.5 Å². The lowest BCUT2D eigenvalue weighted by Crippen LogP contribution is -2.61. The first-order chi connectivity index (χ1) is 27.9. The highest BCUT2D eigenvalue weighted by Gasteiger charge is 2.35. The summed E-state index contributed by atoms with van der Waals surface area (Å²) in [5.41, 5.74) is 18.1. The molecule has 0 aliphatic heterocycles. The SMILES string of the molecule is CC(C)[C@H](NC(=O)[C@H](CCCCN)NC(=O)[C@@H](Cc1ccccc1)NC(=O)[C@H](Cc1ccc(O)cc1)NC(=O)[C@@H](N)CS)C(=O)N[C@@H](CS)C(=O)N[C@H](C(N)=O)[C@@H](C)O. The van der Waals surface area contributed by atoms with Crippen molar-refractivity contribution in [2.45, 2.75) is 101 Å². The molecule has 8 atom stereocenters. The van der Waals surface area contributed by atoms with Gasteiger partial charge in [0, 0.05) is 24.3 Å². The number of unbranched alkanes of at least 4 members (excludes halogenated alkanes) is 1. The monoisotopic (exact) mass is 861 g/mol. The predicted molar refractivity (Wildman–Crippen MR) is 228 cm³/mol. The first-order valence-corrected chi connectivity index (χ1v) is 20.5. The average Bonchev–Trinajstić information content (AvgIpc) is 3.20. The van der Waals surface area contributed by atoms with Crippen LogP contribution in [0.3, 0.4) is 0 Å². The maximum Gasteiger partial charge on any atom is 0.244 e. The van der Waals surface area contributed by atoms with Crippen LogP contribution in [0.4, 0.5) is 0 Å². The van der Waals surface area contributed by atoms with Crippen LogP contribution in [0.1, 0.15) is 51.2 Å². The van der Waals surface area contributed by atoms with Gasteiger partial charge in [-0.25, -0.2) is 0 Å². The first kappa shape index (κ1) is 50.3. The largest absolute Gasteiger partial charge is 0.508 e. The number of phenols is 1. The van der Waals surface area contributed by atoms with Crippen molar-refractivity contribution in [1.29, 1.82) is 0 Å². The number of phenolic OH excluding ortho intramolecular Hbond substituents is 1. The molecule has 0 fully saturated rings. The quantitative estimate of drug-likeness (QED) is 0.0380. The highest BCUT2D eigenvalue weighted by molar-refractivity contribution is 7.80. The zero-order valence-corrected chi connectivity index (χ0v) is 35.2. The Bertz CT molecular complexity index is 1700. The molecule has 0 unspecified atom stereocenters. The van der Waals surface area contributed by atoms with Crippen LogP contribution in [0.2, 0.25) is 0 Å². The smallest absolute Gasteiger partial charge is 0.244 e. The maximum absolute atomic E-state index is 14.2. The summed E-state index contributed by atoms with van der Waals surface area (Å²) >= 11 is 8.22. The van der Waals surface area contributed by atoms with Gasteiger partial charge in [0.1, 0.15) is 42.0 Å². The van der Waals surface area contributed by atoms with Crippen molar-refractivity contribution < 1.29 is 43.8 Å². The third kappa shape index (κ3) is 17.1. The van der Waals surface area contributed by atoms with Crippen LogP contribution in [0.15, 0.2) is 54.6 Å². The summed E-state index contributed by atoms with van der Waals surface area (Å²) in [5, 5.41) is 35.2. The van der Waals surface area contributed by atoms with Crippen molar-refractivity contribution in [3.63, 3.8) is 0 Å². The van der Waals surface area contributed by atoms with Gasteiger partial charge < -0.3 is 59.3 Å². The lowest BCUT2D eigenvalue weighted by molar-refractivity contribution is -0.136. The van der Waals surface area contributed by atoms with E-state index in [1.165, 1.54) is 19.1 Å². The molecule has 0 aliphatic rings. The van der Waals surface area contributed by atoms with Gasteiger partial charge in [0.25, 0.3) is 0 Å². The maximum atomic E-state index is 14.2. The number of amides is 7. The Morgan fingerprint density at radius 2 is 1.08 bits per heavy atom. The second kappa shape index (κ2) is 25.6. The normalized spacial score (nSPS) is 15.2. The van der Waals surface area contributed by atoms with Crippen LogP contribution < -0.4 is 49.1 Å². The lowest BCUT2D eigenvalue weighted by Gasteiger charge is -2.29. The lowest BCUT2D eigenvalue weighted by atomic mass is 10.00. The number of aliphatic hydroxyl groups excluding tert-OH is 1. The molecule has 59 heavy (non-hydrogen) atoms. The minimum absolute atomic E-state index is 0.00109. The average molecular weight is 862 g/mol. The molecule has 2 aromatic rings. The second-order valence-electron chi connectivity index (χ2n) is 14.4. The number of hydrogen-bond acceptors (Lipinski definition) is 13. The van der Waals surface area contributed by atoms with E-state index in [1.54, 1.807) is 56.3 Å². The Kier molecular flexibility index (Phi) is 21.8. The number of thiol groups is 2. The zero-order chi connectivity index (χ0) is 44.2. The molecule has 0 spiro atoms. The summed E-state index contributed by atoms with van der Waals surface area (Å²) in [6.45, 7) is 4.87. The van der Waals surface area contributed by atoms with Gasteiger partial charge in [-0.1, -0.05) is 56.3 Å². The summed E-state index contributed by atoms with van der Waals surface area (Å²) in [5.74, 6) is -6.21. The van der Waals surface area contributed by atoms with E-state index in [1.807, 2.05) is 0 Å². The van der Waals surface area contributed by atoms with Gasteiger partial charge in [0.15, 0.2) is 0 Å². The van der Waals surface area contributed by atoms with Crippen LogP contribution >= 0.6 is 25.3 Å². The number of primary amides is 1. The Balaban J connectivity index is 2.39. The molecule has 0 saturated carbocycles. The van der Waals surface area contributed by atoms with Gasteiger partial charge in [-0.2, -0.15) is 25.3 Å². The molecule has 20 heteroatoms. The van der Waals surface area contributed by atoms with Crippen molar-refractivity contribution in [1.82, 2.24) is 31.9 Å². The van der Waals surface area contributed by atoms with E-state index in [4.69, 9.17) is 17.2 Å². The van der Waals surface area contributed by atoms with Gasteiger partial charge in [-0.05, 0) is 61.9 Å². The number of carbonyl (C=O) groups is 7. The van der Waals surface area contributed by atoms with Crippen LogP contribution in [-0.4, -0.2) is 118 Å². The van der Waals surface area contributed by atoms with Crippen molar-refractivity contribution in [3.05, 3.63) is 65.7 Å². The third-order valence-corrected chi connectivity index (χ3v) is 9.95. The number of rotatable bonds is 25. The molecule has 0 saturated heterocycles. The highest BCUT2D eigenvalue weighted by Crippen LogP contribution is 2.13. The van der Waals surface area contributed by atoms with Crippen molar-refractivity contribution in [2.75, 3.05) is 18.1 Å². The number of aromatic hydroxyl groups is 1. The second-order valence-corrected chi connectivity index (χ2v) is 15.2. The summed E-state index contributed by atoms with van der Waals surface area (Å²) in [4.78, 5) is 93.1. The summed E-state index contributed by atoms with van der Waals surface area (Å²) in [7, 11) is 0. The number of benzene rings is 2. The third-order valence-electron chi connectivity index (χ3n) is 9.19. The Hall–Kier alpha value is -4.89. The Morgan fingerprint density at radius 3 is 1.58 bits per heavy atom. The topological polar surface area (TPSA) is 310 Å². The molecular weight excluding hydrogens is 803 g/mol. The van der Waals surface area contributed by atoms with Gasteiger partial charge in [0.2, 0.25) is 41.4 Å². The number of nitrogens with one attached hydrogen (secondary N) is 6. The molecule has 0 bridgehead atoms. The molecule has 2 rings (SSSR count). The van der Waals surface area contributed by atoms with Gasteiger partial charge in [-0.3, -0.25) is 33.6 Å². The van der Waals surface area contributed by atoms with E-state index < -0.39 is 95.7 Å². The van der Waals surface area contributed by atoms with Crippen LogP contribution in [0.25, 0.3) is 0 Å². The number of aliphatic hydroxyl groups is 1. The van der Waals surface area contributed by atoms with Gasteiger partial charge >= 0.3 is 0 Å². The molecule has 326 valence electrons. The molecule has 0 radical (unpaired) electrons. The molecule has 0 aromatic heterocycles. The Labute approximate surface area is 355 Å². The number of nitrogens with two attached hydrogens (primary N) is 3. The molecule has 18 nitrogen and oxygen atoms in total. The molecule has 14 N–H and O–H groups in total.